The fourth-order valence-electron chi connectivity index (χ4n) is 3.90. The lowest BCUT2D eigenvalue weighted by molar-refractivity contribution is -0.167. The van der Waals surface area contributed by atoms with E-state index in [1.54, 1.807) is 42.6 Å². The average molecular weight is 518 g/mol. The number of halogens is 4. The first-order chi connectivity index (χ1) is 16.5. The number of amides is 1. The van der Waals surface area contributed by atoms with Gasteiger partial charge in [-0.15, -0.1) is 0 Å². The van der Waals surface area contributed by atoms with E-state index in [0.29, 0.717) is 31.9 Å². The first kappa shape index (κ1) is 24.8. The first-order valence-electron chi connectivity index (χ1n) is 10.5. The highest BCUT2D eigenvalue weighted by Gasteiger charge is 2.48. The van der Waals surface area contributed by atoms with Crippen LogP contribution in [0.25, 0.3) is 11.1 Å². The predicted molar refractivity (Wildman–Crippen MR) is 129 cm³/mol. The molecule has 10 heteroatoms. The van der Waals surface area contributed by atoms with Crippen molar-refractivity contribution in [2.75, 3.05) is 0 Å². The van der Waals surface area contributed by atoms with Crippen molar-refractivity contribution in [3.8, 4) is 11.1 Å². The van der Waals surface area contributed by atoms with Gasteiger partial charge >= 0.3 is 17.8 Å². The van der Waals surface area contributed by atoms with Crippen molar-refractivity contribution < 1.29 is 23.5 Å². The van der Waals surface area contributed by atoms with E-state index in [1.807, 2.05) is 25.1 Å². The number of carboxylic acids is 1. The van der Waals surface area contributed by atoms with Crippen LogP contribution >= 0.6 is 23.2 Å². The lowest BCUT2D eigenvalue weighted by atomic mass is 9.93. The SMILES string of the molecule is Cc1cc(-c2ccc(Cl)cc2)c(C2=NN(C(=O)C(F)(F)CC(=O)O)C(c3ccc(Cl)cc3)C2)cn1. The lowest BCUT2D eigenvalue weighted by Crippen LogP contribution is -2.42. The summed E-state index contributed by atoms with van der Waals surface area (Å²) in [7, 11) is 0. The summed E-state index contributed by atoms with van der Waals surface area (Å²) in [6, 6.07) is 14.4. The number of hydrogen-bond donors (Lipinski definition) is 1. The molecular formula is C25H19Cl2F2N3O3. The van der Waals surface area contributed by atoms with E-state index in [9.17, 15) is 18.4 Å². The van der Waals surface area contributed by atoms with Gasteiger partial charge in [-0.25, -0.2) is 5.01 Å². The van der Waals surface area contributed by atoms with E-state index in [0.717, 1.165) is 16.8 Å². The average Bonchev–Trinajstić information content (AvgIpc) is 3.23. The van der Waals surface area contributed by atoms with Gasteiger partial charge in [-0.2, -0.15) is 13.9 Å². The van der Waals surface area contributed by atoms with Crippen LogP contribution in [0.2, 0.25) is 10.0 Å². The van der Waals surface area contributed by atoms with Crippen LogP contribution in [0.1, 0.15) is 35.7 Å². The van der Waals surface area contributed by atoms with E-state index in [4.69, 9.17) is 28.3 Å². The Bertz CT molecular complexity index is 1310. The van der Waals surface area contributed by atoms with Gasteiger partial charge in [0.15, 0.2) is 0 Å². The number of alkyl halides is 2. The van der Waals surface area contributed by atoms with Crippen molar-refractivity contribution in [2.24, 2.45) is 5.10 Å². The second-order valence-electron chi connectivity index (χ2n) is 8.12. The van der Waals surface area contributed by atoms with Gasteiger partial charge in [-0.3, -0.25) is 14.6 Å². The normalized spacial score (nSPS) is 15.7. The molecule has 1 unspecified atom stereocenters. The summed E-state index contributed by atoms with van der Waals surface area (Å²) in [5, 5.41) is 14.8. The summed E-state index contributed by atoms with van der Waals surface area (Å²) >= 11 is 12.0. The van der Waals surface area contributed by atoms with Crippen LogP contribution < -0.4 is 0 Å². The number of rotatable bonds is 6. The topological polar surface area (TPSA) is 82.9 Å². The Morgan fingerprint density at radius 3 is 2.26 bits per heavy atom. The summed E-state index contributed by atoms with van der Waals surface area (Å²) < 4.78 is 29.1. The number of benzene rings is 2. The summed E-state index contributed by atoms with van der Waals surface area (Å²) in [5.41, 5.74) is 3.74. The third kappa shape index (κ3) is 5.33. The molecule has 0 spiro atoms. The maximum atomic E-state index is 14.6. The zero-order chi connectivity index (χ0) is 25.3. The molecule has 4 rings (SSSR count). The molecule has 180 valence electrons. The Morgan fingerprint density at radius 1 is 1.06 bits per heavy atom. The highest BCUT2D eigenvalue weighted by Crippen LogP contribution is 2.38. The second-order valence-corrected chi connectivity index (χ2v) is 8.99. The molecule has 1 aromatic heterocycles. The molecule has 3 aromatic rings. The summed E-state index contributed by atoms with van der Waals surface area (Å²) in [6.07, 6.45) is 0.0604. The molecule has 1 N–H and O–H groups in total. The van der Waals surface area contributed by atoms with Crippen LogP contribution in [0.5, 0.6) is 0 Å². The molecule has 0 saturated heterocycles. The van der Waals surface area contributed by atoms with Gasteiger partial charge in [-0.1, -0.05) is 47.5 Å². The van der Waals surface area contributed by atoms with E-state index in [2.05, 4.69) is 10.1 Å². The Kier molecular flexibility index (Phi) is 6.87. The van der Waals surface area contributed by atoms with Gasteiger partial charge < -0.3 is 5.11 Å². The van der Waals surface area contributed by atoms with Crippen molar-refractivity contribution in [2.45, 2.75) is 31.7 Å². The molecule has 1 aliphatic rings. The second kappa shape index (κ2) is 9.71. The third-order valence-corrected chi connectivity index (χ3v) is 6.07. The number of carbonyl (C=O) groups is 2. The summed E-state index contributed by atoms with van der Waals surface area (Å²) in [4.78, 5) is 28.1. The molecule has 1 aliphatic heterocycles. The maximum absolute atomic E-state index is 14.6. The van der Waals surface area contributed by atoms with Crippen molar-refractivity contribution in [3.05, 3.63) is 87.7 Å². The maximum Gasteiger partial charge on any atom is 0.337 e. The summed E-state index contributed by atoms with van der Waals surface area (Å²) in [5.74, 6) is -7.62. The molecular weight excluding hydrogens is 499 g/mol. The Balaban J connectivity index is 1.80. The van der Waals surface area contributed by atoms with Crippen LogP contribution in [0.15, 0.2) is 65.9 Å². The van der Waals surface area contributed by atoms with Crippen molar-refractivity contribution >= 4 is 40.8 Å². The monoisotopic (exact) mass is 517 g/mol. The first-order valence-corrected chi connectivity index (χ1v) is 11.3. The summed E-state index contributed by atoms with van der Waals surface area (Å²) in [6.45, 7) is 1.82. The largest absolute Gasteiger partial charge is 0.481 e. The van der Waals surface area contributed by atoms with E-state index in [1.165, 1.54) is 0 Å². The zero-order valence-corrected chi connectivity index (χ0v) is 19.9. The molecule has 35 heavy (non-hydrogen) atoms. The number of pyridine rings is 1. The molecule has 2 heterocycles. The third-order valence-electron chi connectivity index (χ3n) is 5.57. The van der Waals surface area contributed by atoms with Crippen LogP contribution in [-0.2, 0) is 9.59 Å². The quantitative estimate of drug-likeness (QED) is 0.424. The minimum absolute atomic E-state index is 0.113. The molecule has 2 aromatic carbocycles. The molecule has 1 atom stereocenters. The smallest absolute Gasteiger partial charge is 0.337 e. The Hall–Kier alpha value is -3.36. The van der Waals surface area contributed by atoms with E-state index >= 15 is 0 Å². The van der Waals surface area contributed by atoms with Gasteiger partial charge in [0.05, 0.1) is 11.8 Å². The van der Waals surface area contributed by atoms with Crippen LogP contribution in [-0.4, -0.2) is 38.6 Å². The molecule has 0 bridgehead atoms. The van der Waals surface area contributed by atoms with Gasteiger partial charge in [0, 0.05) is 33.9 Å². The molecule has 6 nitrogen and oxygen atoms in total. The minimum Gasteiger partial charge on any atom is -0.481 e. The number of aliphatic carboxylic acids is 1. The van der Waals surface area contributed by atoms with Gasteiger partial charge in [0.1, 0.15) is 6.42 Å². The predicted octanol–water partition coefficient (Wildman–Crippen LogP) is 6.15. The zero-order valence-electron chi connectivity index (χ0n) is 18.4. The molecule has 0 fully saturated rings. The molecule has 0 saturated carbocycles. The Morgan fingerprint density at radius 2 is 1.66 bits per heavy atom. The Labute approximate surface area is 209 Å². The number of aryl methyl sites for hydroxylation is 1. The van der Waals surface area contributed by atoms with Crippen molar-refractivity contribution in [1.29, 1.82) is 0 Å². The highest BCUT2D eigenvalue weighted by atomic mass is 35.5. The number of carboxylic acid groups (broad SMARTS) is 1. The number of hydrazone groups is 1. The standard InChI is InChI=1S/C25H19Cl2F2N3O3/c1-14-10-19(15-2-6-17(26)7-3-15)20(13-30-14)21-11-22(16-4-8-18(27)9-5-16)32(31-21)24(35)25(28,29)12-23(33)34/h2-10,13,22H,11-12H2,1H3,(H,33,34). The van der Waals surface area contributed by atoms with Crippen molar-refractivity contribution in [3.63, 3.8) is 0 Å². The number of aromatic nitrogens is 1. The van der Waals surface area contributed by atoms with Gasteiger partial charge in [0.2, 0.25) is 0 Å². The fraction of sp³-hybridized carbons (Fsp3) is 0.200. The van der Waals surface area contributed by atoms with Gasteiger partial charge in [-0.05, 0) is 53.9 Å². The lowest BCUT2D eigenvalue weighted by Gasteiger charge is -2.25. The minimum atomic E-state index is -4.14. The van der Waals surface area contributed by atoms with Gasteiger partial charge in [0.25, 0.3) is 0 Å². The number of nitrogens with zero attached hydrogens (tertiary/aromatic N) is 3. The molecule has 0 aliphatic carbocycles. The van der Waals surface area contributed by atoms with Crippen LogP contribution in [0, 0.1) is 6.92 Å². The highest BCUT2D eigenvalue weighted by molar-refractivity contribution is 6.30. The molecule has 1 amide bonds. The van der Waals surface area contributed by atoms with Crippen molar-refractivity contribution in [1.82, 2.24) is 9.99 Å². The number of hydrogen-bond acceptors (Lipinski definition) is 4. The van der Waals surface area contributed by atoms with Crippen LogP contribution in [0.3, 0.4) is 0 Å². The van der Waals surface area contributed by atoms with E-state index in [-0.39, 0.29) is 6.42 Å². The van der Waals surface area contributed by atoms with Crippen LogP contribution in [0.4, 0.5) is 8.78 Å². The molecule has 0 radical (unpaired) electrons. The fourth-order valence-corrected chi connectivity index (χ4v) is 4.15. The number of carbonyl (C=O) groups excluding carboxylic acids is 1. The van der Waals surface area contributed by atoms with E-state index < -0.39 is 30.3 Å².